The molecule has 0 amide bonds. The number of hydrogen-bond donors (Lipinski definition) is 2. The Labute approximate surface area is 182 Å². The summed E-state index contributed by atoms with van der Waals surface area (Å²) < 4.78 is 0. The van der Waals surface area contributed by atoms with Crippen LogP contribution in [0.2, 0.25) is 0 Å². The van der Waals surface area contributed by atoms with E-state index < -0.39 is 0 Å². The number of hydrogen-bond acceptors (Lipinski definition) is 4. The van der Waals surface area contributed by atoms with Crippen molar-refractivity contribution >= 4 is 11.8 Å². The number of anilines is 1. The molecule has 2 N–H and O–H groups in total. The molecule has 3 heterocycles. The molecular formula is C24H40N6. The Bertz CT molecular complexity index is 659. The summed E-state index contributed by atoms with van der Waals surface area (Å²) >= 11 is 0. The van der Waals surface area contributed by atoms with Gasteiger partial charge in [0.25, 0.3) is 0 Å². The molecule has 1 atom stereocenters. The summed E-state index contributed by atoms with van der Waals surface area (Å²) in [4.78, 5) is 14.7. The highest BCUT2D eigenvalue weighted by Gasteiger charge is 2.30. The molecule has 1 aliphatic carbocycles. The highest BCUT2D eigenvalue weighted by atomic mass is 15.3. The fourth-order valence-corrected chi connectivity index (χ4v) is 5.19. The lowest BCUT2D eigenvalue weighted by Gasteiger charge is -2.24. The standard InChI is InChI=1S/C24H40N6/c1-2-25-24(28-21-13-16-30(19-21)22-9-5-6-10-22)27-18-20-11-12-23(26-17-20)29-14-7-3-4-8-15-29/h11-12,17,21-22H,2-10,13-16,18-19H2,1H3,(H2,25,27,28). The van der Waals surface area contributed by atoms with Crippen LogP contribution in [-0.2, 0) is 6.54 Å². The first-order chi connectivity index (χ1) is 14.8. The number of guanidine groups is 1. The van der Waals surface area contributed by atoms with Crippen LogP contribution in [0.4, 0.5) is 5.82 Å². The summed E-state index contributed by atoms with van der Waals surface area (Å²) in [7, 11) is 0. The highest BCUT2D eigenvalue weighted by molar-refractivity contribution is 5.80. The Morgan fingerprint density at radius 2 is 1.83 bits per heavy atom. The molecule has 0 radical (unpaired) electrons. The summed E-state index contributed by atoms with van der Waals surface area (Å²) in [6, 6.07) is 5.70. The first-order valence-corrected chi connectivity index (χ1v) is 12.3. The Morgan fingerprint density at radius 3 is 2.53 bits per heavy atom. The van der Waals surface area contributed by atoms with E-state index in [9.17, 15) is 0 Å². The van der Waals surface area contributed by atoms with Gasteiger partial charge in [0.1, 0.15) is 5.82 Å². The number of rotatable bonds is 6. The maximum Gasteiger partial charge on any atom is 0.191 e. The molecule has 3 aliphatic rings. The molecule has 1 saturated carbocycles. The van der Waals surface area contributed by atoms with Gasteiger partial charge in [-0.1, -0.05) is 31.7 Å². The van der Waals surface area contributed by atoms with E-state index in [4.69, 9.17) is 9.98 Å². The molecule has 6 heteroatoms. The molecule has 4 rings (SSSR count). The number of aromatic nitrogens is 1. The van der Waals surface area contributed by atoms with Gasteiger partial charge in [0, 0.05) is 51.0 Å². The predicted molar refractivity (Wildman–Crippen MR) is 125 cm³/mol. The number of nitrogens with zero attached hydrogens (tertiary/aromatic N) is 4. The van der Waals surface area contributed by atoms with Gasteiger partial charge >= 0.3 is 0 Å². The molecule has 2 saturated heterocycles. The van der Waals surface area contributed by atoms with Crippen LogP contribution in [-0.4, -0.2) is 60.7 Å². The normalized spacial score (nSPS) is 24.2. The molecular weight excluding hydrogens is 372 g/mol. The average Bonchev–Trinajstić information content (AvgIpc) is 3.39. The molecule has 0 spiro atoms. The van der Waals surface area contributed by atoms with Gasteiger partial charge in [-0.3, -0.25) is 4.90 Å². The Hall–Kier alpha value is -1.82. The minimum Gasteiger partial charge on any atom is -0.357 e. The quantitative estimate of drug-likeness (QED) is 0.553. The lowest BCUT2D eigenvalue weighted by molar-refractivity contribution is 0.242. The molecule has 0 bridgehead atoms. The van der Waals surface area contributed by atoms with Crippen molar-refractivity contribution in [3.05, 3.63) is 23.9 Å². The van der Waals surface area contributed by atoms with Crippen LogP contribution >= 0.6 is 0 Å². The van der Waals surface area contributed by atoms with Crippen molar-refractivity contribution in [2.75, 3.05) is 37.6 Å². The largest absolute Gasteiger partial charge is 0.357 e. The van der Waals surface area contributed by atoms with Crippen LogP contribution in [0.15, 0.2) is 23.3 Å². The lowest BCUT2D eigenvalue weighted by Crippen LogP contribution is -2.45. The van der Waals surface area contributed by atoms with Gasteiger partial charge in [-0.05, 0) is 50.7 Å². The smallest absolute Gasteiger partial charge is 0.191 e. The van der Waals surface area contributed by atoms with Crippen molar-refractivity contribution in [3.63, 3.8) is 0 Å². The predicted octanol–water partition coefficient (Wildman–Crippen LogP) is 3.53. The van der Waals surface area contributed by atoms with Gasteiger partial charge in [0.15, 0.2) is 5.96 Å². The van der Waals surface area contributed by atoms with Crippen molar-refractivity contribution in [1.29, 1.82) is 0 Å². The number of aliphatic imine (C=N–C) groups is 1. The summed E-state index contributed by atoms with van der Waals surface area (Å²) in [5.41, 5.74) is 1.17. The first kappa shape index (κ1) is 21.4. The van der Waals surface area contributed by atoms with Crippen LogP contribution in [0.1, 0.15) is 70.3 Å². The number of pyridine rings is 1. The van der Waals surface area contributed by atoms with E-state index in [1.807, 2.05) is 6.20 Å². The zero-order chi connectivity index (χ0) is 20.6. The minimum absolute atomic E-state index is 0.506. The molecule has 6 nitrogen and oxygen atoms in total. The third-order valence-electron chi connectivity index (χ3n) is 6.90. The fraction of sp³-hybridized carbons (Fsp3) is 0.750. The van der Waals surface area contributed by atoms with E-state index in [0.29, 0.717) is 12.6 Å². The van der Waals surface area contributed by atoms with E-state index >= 15 is 0 Å². The van der Waals surface area contributed by atoms with Crippen molar-refractivity contribution in [2.24, 2.45) is 4.99 Å². The molecule has 166 valence electrons. The Morgan fingerprint density at radius 1 is 1.03 bits per heavy atom. The van der Waals surface area contributed by atoms with Crippen molar-refractivity contribution in [1.82, 2.24) is 20.5 Å². The molecule has 1 aromatic heterocycles. The van der Waals surface area contributed by atoms with Crippen molar-refractivity contribution in [2.45, 2.75) is 83.3 Å². The summed E-state index contributed by atoms with van der Waals surface area (Å²) in [6.45, 7) is 8.34. The van der Waals surface area contributed by atoms with E-state index in [1.54, 1.807) is 0 Å². The van der Waals surface area contributed by atoms with E-state index in [0.717, 1.165) is 44.0 Å². The SMILES string of the molecule is CCNC(=NCc1ccc(N2CCCCCC2)nc1)NC1CCN(C2CCCC2)C1. The van der Waals surface area contributed by atoms with Crippen LogP contribution in [0.3, 0.4) is 0 Å². The van der Waals surface area contributed by atoms with E-state index in [2.05, 4.69) is 39.5 Å². The summed E-state index contributed by atoms with van der Waals surface area (Å²) in [5.74, 6) is 2.06. The average molecular weight is 413 g/mol. The molecule has 0 aromatic carbocycles. The van der Waals surface area contributed by atoms with Gasteiger partial charge < -0.3 is 15.5 Å². The lowest BCUT2D eigenvalue weighted by atomic mass is 10.2. The summed E-state index contributed by atoms with van der Waals surface area (Å²) in [5, 5.41) is 7.11. The van der Waals surface area contributed by atoms with Crippen molar-refractivity contribution < 1.29 is 0 Å². The maximum atomic E-state index is 4.85. The topological polar surface area (TPSA) is 55.8 Å². The van der Waals surface area contributed by atoms with Crippen LogP contribution in [0.5, 0.6) is 0 Å². The fourth-order valence-electron chi connectivity index (χ4n) is 5.19. The van der Waals surface area contributed by atoms with Crippen molar-refractivity contribution in [3.8, 4) is 0 Å². The summed E-state index contributed by atoms with van der Waals surface area (Å²) in [6.07, 6.45) is 14.1. The highest BCUT2D eigenvalue weighted by Crippen LogP contribution is 2.26. The van der Waals surface area contributed by atoms with E-state index in [-0.39, 0.29) is 0 Å². The first-order valence-electron chi connectivity index (χ1n) is 12.3. The second-order valence-electron chi connectivity index (χ2n) is 9.18. The third-order valence-corrected chi connectivity index (χ3v) is 6.90. The molecule has 2 aliphatic heterocycles. The van der Waals surface area contributed by atoms with E-state index in [1.165, 1.54) is 69.9 Å². The second kappa shape index (κ2) is 11.0. The van der Waals surface area contributed by atoms with Crippen LogP contribution in [0, 0.1) is 0 Å². The van der Waals surface area contributed by atoms with Gasteiger partial charge in [-0.25, -0.2) is 9.98 Å². The molecule has 1 unspecified atom stereocenters. The molecule has 3 fully saturated rings. The van der Waals surface area contributed by atoms with Gasteiger partial charge in [0.05, 0.1) is 6.54 Å². The molecule has 1 aromatic rings. The van der Waals surface area contributed by atoms with Crippen LogP contribution < -0.4 is 15.5 Å². The molecule has 30 heavy (non-hydrogen) atoms. The number of likely N-dealkylation sites (tertiary alicyclic amines) is 1. The zero-order valence-electron chi connectivity index (χ0n) is 18.8. The van der Waals surface area contributed by atoms with Gasteiger partial charge in [0.2, 0.25) is 0 Å². The second-order valence-corrected chi connectivity index (χ2v) is 9.18. The van der Waals surface area contributed by atoms with Gasteiger partial charge in [-0.15, -0.1) is 0 Å². The zero-order valence-corrected chi connectivity index (χ0v) is 18.8. The Balaban J connectivity index is 1.30. The minimum atomic E-state index is 0.506. The maximum absolute atomic E-state index is 4.85. The number of nitrogens with one attached hydrogen (secondary N) is 2. The monoisotopic (exact) mass is 412 g/mol. The van der Waals surface area contributed by atoms with Gasteiger partial charge in [-0.2, -0.15) is 0 Å². The van der Waals surface area contributed by atoms with Crippen LogP contribution in [0.25, 0.3) is 0 Å². The Kier molecular flexibility index (Phi) is 7.84. The third kappa shape index (κ3) is 5.87.